The minimum Gasteiger partial charge on any atom is -0.207 e. The zero-order chi connectivity index (χ0) is 13.6. The highest BCUT2D eigenvalue weighted by molar-refractivity contribution is 7.89. The number of hydrogen-bond donors (Lipinski definition) is 1. The van der Waals surface area contributed by atoms with Crippen LogP contribution in [0.3, 0.4) is 0 Å². The van der Waals surface area contributed by atoms with E-state index in [1.165, 1.54) is 0 Å². The molecule has 0 atom stereocenters. The number of hydrogen-bond acceptors (Lipinski definition) is 4. The molecule has 2 rings (SSSR count). The van der Waals surface area contributed by atoms with Gasteiger partial charge in [0.25, 0.3) is 0 Å². The van der Waals surface area contributed by atoms with Crippen LogP contribution in [0.15, 0.2) is 34.1 Å². The van der Waals surface area contributed by atoms with Crippen LogP contribution in [0, 0.1) is 0 Å². The average molecular weight is 293 g/mol. The van der Waals surface area contributed by atoms with E-state index in [0.29, 0.717) is 0 Å². The van der Waals surface area contributed by atoms with E-state index in [1.807, 2.05) is 0 Å². The lowest BCUT2D eigenvalue weighted by Gasteiger charge is -2.12. The standard InChI is InChI=1S/C10H12FNO4S2/c1-10(6-7-10)12-18(15,16)9-4-2-8(3-5-9)17(11,13)14/h2-5,12H,6-7H2,1H3. The third kappa shape index (κ3) is 2.88. The van der Waals surface area contributed by atoms with Gasteiger partial charge in [0.05, 0.1) is 9.79 Å². The summed E-state index contributed by atoms with van der Waals surface area (Å²) in [4.78, 5) is -0.637. The first-order chi connectivity index (χ1) is 8.12. The topological polar surface area (TPSA) is 80.3 Å². The lowest BCUT2D eigenvalue weighted by molar-refractivity contribution is 0.549. The maximum absolute atomic E-state index is 12.6. The monoisotopic (exact) mass is 293 g/mol. The predicted octanol–water partition coefficient (Wildman–Crippen LogP) is 1.18. The average Bonchev–Trinajstić information content (AvgIpc) is 2.94. The molecule has 0 bridgehead atoms. The molecule has 0 aromatic heterocycles. The Morgan fingerprint density at radius 2 is 1.50 bits per heavy atom. The highest BCUT2D eigenvalue weighted by atomic mass is 32.3. The van der Waals surface area contributed by atoms with Gasteiger partial charge in [-0.05, 0) is 44.0 Å². The van der Waals surface area contributed by atoms with Crippen molar-refractivity contribution in [1.29, 1.82) is 0 Å². The summed E-state index contributed by atoms with van der Waals surface area (Å²) in [5.74, 6) is 0. The second-order valence-electron chi connectivity index (χ2n) is 4.58. The highest BCUT2D eigenvalue weighted by Gasteiger charge is 2.41. The summed E-state index contributed by atoms with van der Waals surface area (Å²) in [6, 6.07) is 4.00. The third-order valence-electron chi connectivity index (χ3n) is 2.80. The van der Waals surface area contributed by atoms with E-state index in [9.17, 15) is 20.7 Å². The smallest absolute Gasteiger partial charge is 0.207 e. The second kappa shape index (κ2) is 4.01. The van der Waals surface area contributed by atoms with Crippen LogP contribution in [0.2, 0.25) is 0 Å². The molecule has 0 amide bonds. The van der Waals surface area contributed by atoms with Crippen LogP contribution in [0.4, 0.5) is 3.89 Å². The maximum Gasteiger partial charge on any atom is 0.332 e. The van der Waals surface area contributed by atoms with Crippen LogP contribution in [0.1, 0.15) is 19.8 Å². The van der Waals surface area contributed by atoms with E-state index in [-0.39, 0.29) is 4.90 Å². The number of halogens is 1. The molecule has 1 aliphatic carbocycles. The Morgan fingerprint density at radius 1 is 1.06 bits per heavy atom. The summed E-state index contributed by atoms with van der Waals surface area (Å²) in [6.45, 7) is 1.78. The van der Waals surface area contributed by atoms with Crippen LogP contribution >= 0.6 is 0 Å². The molecule has 1 saturated carbocycles. The number of rotatable bonds is 4. The van der Waals surface area contributed by atoms with Crippen LogP contribution in [0.5, 0.6) is 0 Å². The van der Waals surface area contributed by atoms with E-state index in [2.05, 4.69) is 4.72 Å². The van der Waals surface area contributed by atoms with Gasteiger partial charge in [-0.25, -0.2) is 13.1 Å². The Morgan fingerprint density at radius 3 is 1.89 bits per heavy atom. The molecule has 0 radical (unpaired) electrons. The van der Waals surface area contributed by atoms with Gasteiger partial charge in [0.1, 0.15) is 0 Å². The molecular weight excluding hydrogens is 281 g/mol. The normalized spacial score (nSPS) is 18.6. The Balaban J connectivity index is 2.29. The molecule has 5 nitrogen and oxygen atoms in total. The van der Waals surface area contributed by atoms with Gasteiger partial charge in [0, 0.05) is 5.54 Å². The fourth-order valence-electron chi connectivity index (χ4n) is 1.45. The Bertz CT molecular complexity index is 660. The Hall–Kier alpha value is -0.990. The molecule has 0 saturated heterocycles. The third-order valence-corrected chi connectivity index (χ3v) is 5.29. The van der Waals surface area contributed by atoms with Crippen molar-refractivity contribution in [1.82, 2.24) is 4.72 Å². The zero-order valence-corrected chi connectivity index (χ0v) is 11.2. The van der Waals surface area contributed by atoms with Crippen molar-refractivity contribution in [3.05, 3.63) is 24.3 Å². The van der Waals surface area contributed by atoms with E-state index in [1.54, 1.807) is 6.92 Å². The molecule has 18 heavy (non-hydrogen) atoms. The molecule has 8 heteroatoms. The van der Waals surface area contributed by atoms with E-state index in [0.717, 1.165) is 37.1 Å². The minimum absolute atomic E-state index is 0.0805. The van der Waals surface area contributed by atoms with Gasteiger partial charge in [-0.1, -0.05) is 0 Å². The summed E-state index contributed by atoms with van der Waals surface area (Å²) in [5, 5.41) is 0. The van der Waals surface area contributed by atoms with Gasteiger partial charge in [-0.15, -0.1) is 3.89 Å². The lowest BCUT2D eigenvalue weighted by Crippen LogP contribution is -2.34. The van der Waals surface area contributed by atoms with E-state index < -0.39 is 30.7 Å². The van der Waals surface area contributed by atoms with Gasteiger partial charge in [0.15, 0.2) is 0 Å². The first-order valence-electron chi connectivity index (χ1n) is 5.21. The maximum atomic E-state index is 12.6. The summed E-state index contributed by atoms with van der Waals surface area (Å²) in [5.41, 5.74) is -0.413. The van der Waals surface area contributed by atoms with Gasteiger partial charge in [-0.2, -0.15) is 8.42 Å². The lowest BCUT2D eigenvalue weighted by atomic mass is 10.4. The fourth-order valence-corrected chi connectivity index (χ4v) is 3.38. The van der Waals surface area contributed by atoms with Crippen LogP contribution in [-0.2, 0) is 20.2 Å². The Labute approximate surface area is 105 Å². The SMILES string of the molecule is CC1(NS(=O)(=O)c2ccc(S(=O)(=O)F)cc2)CC1. The van der Waals surface area contributed by atoms with Crippen molar-refractivity contribution in [2.75, 3.05) is 0 Å². The fraction of sp³-hybridized carbons (Fsp3) is 0.400. The van der Waals surface area contributed by atoms with Crippen molar-refractivity contribution in [2.45, 2.75) is 35.1 Å². The predicted molar refractivity (Wildman–Crippen MR) is 62.7 cm³/mol. The van der Waals surface area contributed by atoms with Crippen LogP contribution < -0.4 is 4.72 Å². The zero-order valence-electron chi connectivity index (χ0n) is 9.55. The minimum atomic E-state index is -4.80. The summed E-state index contributed by atoms with van der Waals surface area (Å²) in [6.07, 6.45) is 1.53. The Kier molecular flexibility index (Phi) is 2.99. The molecule has 0 unspecified atom stereocenters. The van der Waals surface area contributed by atoms with Gasteiger partial charge in [-0.3, -0.25) is 0 Å². The largest absolute Gasteiger partial charge is 0.332 e. The summed E-state index contributed by atoms with van der Waals surface area (Å²) < 4.78 is 60.1. The molecule has 1 aliphatic rings. The van der Waals surface area contributed by atoms with Crippen LogP contribution in [-0.4, -0.2) is 22.4 Å². The molecule has 1 aromatic carbocycles. The molecule has 100 valence electrons. The summed E-state index contributed by atoms with van der Waals surface area (Å²) in [7, 11) is -8.49. The van der Waals surface area contributed by atoms with E-state index in [4.69, 9.17) is 0 Å². The van der Waals surface area contributed by atoms with E-state index >= 15 is 0 Å². The van der Waals surface area contributed by atoms with Gasteiger partial charge < -0.3 is 0 Å². The number of benzene rings is 1. The molecule has 0 heterocycles. The van der Waals surface area contributed by atoms with Crippen molar-refractivity contribution < 1.29 is 20.7 Å². The molecule has 1 fully saturated rings. The molecule has 1 aromatic rings. The van der Waals surface area contributed by atoms with Crippen molar-refractivity contribution in [3.8, 4) is 0 Å². The van der Waals surface area contributed by atoms with Crippen molar-refractivity contribution in [2.24, 2.45) is 0 Å². The molecule has 1 N–H and O–H groups in total. The molecule has 0 spiro atoms. The van der Waals surface area contributed by atoms with Crippen molar-refractivity contribution in [3.63, 3.8) is 0 Å². The molecular formula is C10H12FNO4S2. The van der Waals surface area contributed by atoms with Crippen LogP contribution in [0.25, 0.3) is 0 Å². The quantitative estimate of drug-likeness (QED) is 0.845. The van der Waals surface area contributed by atoms with Crippen molar-refractivity contribution >= 4 is 20.2 Å². The first-order valence-corrected chi connectivity index (χ1v) is 8.08. The number of sulfonamides is 1. The first kappa shape index (κ1) is 13.4. The molecule has 0 aliphatic heterocycles. The van der Waals surface area contributed by atoms with Gasteiger partial charge >= 0.3 is 10.2 Å². The van der Waals surface area contributed by atoms with Gasteiger partial charge in [0.2, 0.25) is 10.0 Å². The number of nitrogens with one attached hydrogen (secondary N) is 1. The second-order valence-corrected chi connectivity index (χ2v) is 7.60. The summed E-state index contributed by atoms with van der Waals surface area (Å²) >= 11 is 0. The highest BCUT2D eigenvalue weighted by Crippen LogP contribution is 2.35.